The number of carboxylic acids is 1. The lowest BCUT2D eigenvalue weighted by Gasteiger charge is -2.34. The first-order valence-corrected chi connectivity index (χ1v) is 9.14. The van der Waals surface area contributed by atoms with E-state index in [0.717, 1.165) is 32.5 Å². The molecule has 0 aromatic heterocycles. The number of carbonyl (C=O) groups is 2. The molecule has 1 heterocycles. The van der Waals surface area contributed by atoms with Gasteiger partial charge in [-0.25, -0.2) is 0 Å². The molecule has 0 spiro atoms. The van der Waals surface area contributed by atoms with Crippen molar-refractivity contribution in [3.05, 3.63) is 35.4 Å². The van der Waals surface area contributed by atoms with Crippen LogP contribution in [0.15, 0.2) is 29.8 Å². The number of aromatic hydroxyl groups is 1. The van der Waals surface area contributed by atoms with Gasteiger partial charge in [-0.05, 0) is 43.2 Å². The third-order valence-electron chi connectivity index (χ3n) is 4.58. The quantitative estimate of drug-likeness (QED) is 0.389. The summed E-state index contributed by atoms with van der Waals surface area (Å²) in [5, 5.41) is 27.3. The molecule has 1 aromatic rings. The second-order valence-electron chi connectivity index (χ2n) is 6.60. The van der Waals surface area contributed by atoms with Crippen molar-refractivity contribution in [3.8, 4) is 11.8 Å². The molecule has 0 radical (unpaired) electrons. The molecule has 1 aliphatic rings. The van der Waals surface area contributed by atoms with Gasteiger partial charge in [0.25, 0.3) is 5.91 Å². The van der Waals surface area contributed by atoms with E-state index in [2.05, 4.69) is 4.90 Å². The zero-order chi connectivity index (χ0) is 19.6. The number of phenolic OH excluding ortho intramolecular Hbond substituents is 1. The Morgan fingerprint density at radius 2 is 1.71 bits per heavy atom. The summed E-state index contributed by atoms with van der Waals surface area (Å²) >= 11 is 0. The predicted octanol–water partition coefficient (Wildman–Crippen LogP) is 2.51. The molecule has 8 heteroatoms. The summed E-state index contributed by atoms with van der Waals surface area (Å²) in [7, 11) is 0. The van der Waals surface area contributed by atoms with Gasteiger partial charge in [-0.3, -0.25) is 14.5 Å². The largest absolute Gasteiger partial charge is 0.508 e. The second-order valence-corrected chi connectivity index (χ2v) is 6.60. The average Bonchev–Trinajstić information content (AvgIpc) is 2.67. The molecule has 7 nitrogen and oxygen atoms in total. The van der Waals surface area contributed by atoms with Gasteiger partial charge in [-0.1, -0.05) is 18.6 Å². The van der Waals surface area contributed by atoms with Crippen molar-refractivity contribution in [3.63, 3.8) is 0 Å². The van der Waals surface area contributed by atoms with E-state index in [1.807, 2.05) is 6.07 Å². The number of nitrogens with zero attached hydrogens (tertiary/aromatic N) is 3. The molecular formula is C20H26ClN3O4. The summed E-state index contributed by atoms with van der Waals surface area (Å²) in [6, 6.07) is 8.32. The van der Waals surface area contributed by atoms with E-state index in [0.29, 0.717) is 25.1 Å². The van der Waals surface area contributed by atoms with Crippen molar-refractivity contribution >= 4 is 30.4 Å². The fraction of sp³-hybridized carbons (Fsp3) is 0.450. The SMILES string of the molecule is Cl.N#CC(=Cc1ccc(O)cc1)C(=O)N1CCN(CCCCCC(=O)O)CC1. The molecule has 0 bridgehead atoms. The minimum Gasteiger partial charge on any atom is -0.508 e. The molecule has 1 saturated heterocycles. The number of unbranched alkanes of at least 4 members (excludes halogenated alkanes) is 2. The third-order valence-corrected chi connectivity index (χ3v) is 4.58. The smallest absolute Gasteiger partial charge is 0.303 e. The summed E-state index contributed by atoms with van der Waals surface area (Å²) in [6.07, 6.45) is 4.29. The molecule has 1 aliphatic heterocycles. The van der Waals surface area contributed by atoms with Crippen LogP contribution in [0.25, 0.3) is 6.08 Å². The molecule has 152 valence electrons. The van der Waals surface area contributed by atoms with Crippen LogP contribution < -0.4 is 0 Å². The maximum absolute atomic E-state index is 12.6. The average molecular weight is 408 g/mol. The van der Waals surface area contributed by atoms with Crippen molar-refractivity contribution < 1.29 is 19.8 Å². The number of aliphatic carboxylic acids is 1. The second kappa shape index (κ2) is 12.0. The topological polar surface area (TPSA) is 105 Å². The monoisotopic (exact) mass is 407 g/mol. The maximum atomic E-state index is 12.6. The molecule has 2 N–H and O–H groups in total. The lowest BCUT2D eigenvalue weighted by atomic mass is 10.1. The van der Waals surface area contributed by atoms with Gasteiger partial charge < -0.3 is 15.1 Å². The van der Waals surface area contributed by atoms with Gasteiger partial charge in [0.05, 0.1) is 0 Å². The van der Waals surface area contributed by atoms with Crippen LogP contribution in [0.1, 0.15) is 31.2 Å². The molecule has 0 atom stereocenters. The van der Waals surface area contributed by atoms with Gasteiger partial charge in [0.15, 0.2) is 0 Å². The van der Waals surface area contributed by atoms with Crippen molar-refractivity contribution in [2.45, 2.75) is 25.7 Å². The lowest BCUT2D eigenvalue weighted by molar-refractivity contribution is -0.137. The Morgan fingerprint density at radius 3 is 2.29 bits per heavy atom. The summed E-state index contributed by atoms with van der Waals surface area (Å²) < 4.78 is 0. The van der Waals surface area contributed by atoms with Crippen LogP contribution in [-0.4, -0.2) is 64.6 Å². The number of rotatable bonds is 8. The standard InChI is InChI=1S/C20H25N3O4.ClH/c21-15-17(14-16-5-7-18(24)8-6-16)20(27)23-12-10-22(11-13-23)9-3-1-2-4-19(25)26;/h5-8,14,24H,1-4,9-13H2,(H,25,26);1H. The van der Waals surface area contributed by atoms with E-state index < -0.39 is 5.97 Å². The highest BCUT2D eigenvalue weighted by atomic mass is 35.5. The molecule has 0 aliphatic carbocycles. The highest BCUT2D eigenvalue weighted by Gasteiger charge is 2.23. The van der Waals surface area contributed by atoms with E-state index >= 15 is 0 Å². The van der Waals surface area contributed by atoms with Crippen LogP contribution in [0.3, 0.4) is 0 Å². The van der Waals surface area contributed by atoms with Gasteiger partial charge in [0, 0.05) is 32.6 Å². The molecule has 0 saturated carbocycles. The van der Waals surface area contributed by atoms with Gasteiger partial charge in [-0.15, -0.1) is 12.4 Å². The van der Waals surface area contributed by atoms with Crippen molar-refractivity contribution in [2.24, 2.45) is 0 Å². The van der Waals surface area contributed by atoms with Crippen LogP contribution in [0.5, 0.6) is 5.75 Å². The number of hydrogen-bond donors (Lipinski definition) is 2. The first kappa shape index (κ1) is 23.5. The Labute approximate surface area is 171 Å². The Balaban J connectivity index is 0.00000392. The minimum atomic E-state index is -0.754. The molecular weight excluding hydrogens is 382 g/mol. The number of piperazine rings is 1. The van der Waals surface area contributed by atoms with Gasteiger partial charge in [0.1, 0.15) is 17.4 Å². The van der Waals surface area contributed by atoms with E-state index in [9.17, 15) is 20.0 Å². The van der Waals surface area contributed by atoms with Crippen molar-refractivity contribution in [1.82, 2.24) is 9.80 Å². The molecule has 1 amide bonds. The van der Waals surface area contributed by atoms with Crippen LogP contribution in [0, 0.1) is 11.3 Å². The molecule has 1 fully saturated rings. The first-order chi connectivity index (χ1) is 13.0. The number of nitriles is 1. The van der Waals surface area contributed by atoms with E-state index in [1.54, 1.807) is 17.0 Å². The number of benzene rings is 1. The summed E-state index contributed by atoms with van der Waals surface area (Å²) in [4.78, 5) is 27.0. The highest BCUT2D eigenvalue weighted by Crippen LogP contribution is 2.15. The number of hydrogen-bond acceptors (Lipinski definition) is 5. The summed E-state index contributed by atoms with van der Waals surface area (Å²) in [5.74, 6) is -0.890. The van der Waals surface area contributed by atoms with Crippen LogP contribution in [0.4, 0.5) is 0 Å². The molecule has 2 rings (SSSR count). The van der Waals surface area contributed by atoms with Crippen LogP contribution in [0.2, 0.25) is 0 Å². The third kappa shape index (κ3) is 7.59. The Hall–Kier alpha value is -2.56. The lowest BCUT2D eigenvalue weighted by Crippen LogP contribution is -2.49. The zero-order valence-electron chi connectivity index (χ0n) is 15.7. The van der Waals surface area contributed by atoms with Crippen molar-refractivity contribution in [2.75, 3.05) is 32.7 Å². The first-order valence-electron chi connectivity index (χ1n) is 9.14. The highest BCUT2D eigenvalue weighted by molar-refractivity contribution is 6.01. The number of carbonyl (C=O) groups excluding carboxylic acids is 1. The molecule has 0 unspecified atom stereocenters. The molecule has 28 heavy (non-hydrogen) atoms. The van der Waals surface area contributed by atoms with Crippen molar-refractivity contribution in [1.29, 1.82) is 5.26 Å². The Morgan fingerprint density at radius 1 is 1.07 bits per heavy atom. The number of halogens is 1. The maximum Gasteiger partial charge on any atom is 0.303 e. The van der Waals surface area contributed by atoms with E-state index in [4.69, 9.17) is 5.11 Å². The fourth-order valence-electron chi connectivity index (χ4n) is 3.01. The number of amides is 1. The van der Waals surface area contributed by atoms with E-state index in [-0.39, 0.29) is 36.1 Å². The van der Waals surface area contributed by atoms with E-state index in [1.165, 1.54) is 18.2 Å². The number of carboxylic acid groups (broad SMARTS) is 1. The zero-order valence-corrected chi connectivity index (χ0v) is 16.5. The summed E-state index contributed by atoms with van der Waals surface area (Å²) in [6.45, 7) is 3.55. The van der Waals surface area contributed by atoms with Crippen LogP contribution >= 0.6 is 12.4 Å². The minimum absolute atomic E-state index is 0. The Bertz CT molecular complexity index is 720. The molecule has 1 aromatic carbocycles. The summed E-state index contributed by atoms with van der Waals surface area (Å²) in [5.41, 5.74) is 0.778. The normalized spacial score (nSPS) is 14.8. The predicted molar refractivity (Wildman–Crippen MR) is 108 cm³/mol. The van der Waals surface area contributed by atoms with Gasteiger partial charge in [0.2, 0.25) is 0 Å². The Kier molecular flexibility index (Phi) is 10.1. The van der Waals surface area contributed by atoms with Gasteiger partial charge >= 0.3 is 5.97 Å². The number of phenols is 1. The van der Waals surface area contributed by atoms with Gasteiger partial charge in [-0.2, -0.15) is 5.26 Å². The fourth-order valence-corrected chi connectivity index (χ4v) is 3.01. The van der Waals surface area contributed by atoms with Crippen LogP contribution in [-0.2, 0) is 9.59 Å².